The van der Waals surface area contributed by atoms with Crippen molar-refractivity contribution in [1.29, 1.82) is 0 Å². The highest BCUT2D eigenvalue weighted by molar-refractivity contribution is 7.15. The number of hydroxylamine groups is 2. The molecular weight excluding hydrogens is 290 g/mol. The molecule has 3 heterocycles. The summed E-state index contributed by atoms with van der Waals surface area (Å²) >= 11 is 1.43. The Morgan fingerprint density at radius 1 is 1.48 bits per heavy atom. The number of quaternary nitrogens is 1. The molecule has 3 rings (SSSR count). The molecule has 1 aromatic heterocycles. The van der Waals surface area contributed by atoms with Gasteiger partial charge in [-0.2, -0.15) is 0 Å². The van der Waals surface area contributed by atoms with Gasteiger partial charge >= 0.3 is 5.13 Å². The Kier molecular flexibility index (Phi) is 4.63. The van der Waals surface area contributed by atoms with Crippen LogP contribution in [0.25, 0.3) is 0 Å². The van der Waals surface area contributed by atoms with E-state index >= 15 is 0 Å². The number of aromatic nitrogens is 2. The molecule has 0 saturated carbocycles. The van der Waals surface area contributed by atoms with E-state index in [1.165, 1.54) is 11.3 Å². The molecule has 1 N–H and O–H groups in total. The smallest absolute Gasteiger partial charge is 0.309 e. The third-order valence-corrected chi connectivity index (χ3v) is 5.06. The standard InChI is InChI=1S/C13H21N5O2S/c1-2-3-4-11-15-16-13(21-11)18(19)10-14-9-12(18)17-5-7-20-8-6-17/h2,12,14H,1,3-10H2. The zero-order valence-electron chi connectivity index (χ0n) is 12.0. The fraction of sp³-hybridized carbons (Fsp3) is 0.692. The van der Waals surface area contributed by atoms with Crippen LogP contribution in [0.15, 0.2) is 12.7 Å². The molecular formula is C13H21N5O2S. The van der Waals surface area contributed by atoms with E-state index in [0.717, 1.165) is 30.9 Å². The average Bonchev–Trinajstić information content (AvgIpc) is 3.13. The largest absolute Gasteiger partial charge is 0.623 e. The minimum absolute atomic E-state index is 0.130. The Hall–Kier alpha value is -0.900. The lowest BCUT2D eigenvalue weighted by molar-refractivity contribution is -0.00383. The maximum atomic E-state index is 13.3. The van der Waals surface area contributed by atoms with Crippen LogP contribution in [0.1, 0.15) is 11.4 Å². The Morgan fingerprint density at radius 2 is 2.29 bits per heavy atom. The fourth-order valence-corrected chi connectivity index (χ4v) is 3.74. The highest BCUT2D eigenvalue weighted by Crippen LogP contribution is 2.32. The Bertz CT molecular complexity index is 491. The molecule has 2 saturated heterocycles. The summed E-state index contributed by atoms with van der Waals surface area (Å²) in [7, 11) is 0. The molecule has 7 nitrogen and oxygen atoms in total. The summed E-state index contributed by atoms with van der Waals surface area (Å²) in [5, 5.41) is 26.3. The summed E-state index contributed by atoms with van der Waals surface area (Å²) in [6.07, 6.45) is 3.39. The minimum atomic E-state index is -0.439. The molecule has 2 aliphatic rings. The maximum Gasteiger partial charge on any atom is 0.309 e. The van der Waals surface area contributed by atoms with Crippen molar-refractivity contribution in [2.75, 3.05) is 39.5 Å². The van der Waals surface area contributed by atoms with E-state index in [-0.39, 0.29) is 6.17 Å². The number of hydrogen-bond acceptors (Lipinski definition) is 7. The van der Waals surface area contributed by atoms with Crippen LogP contribution in [-0.2, 0) is 11.2 Å². The molecule has 2 fully saturated rings. The maximum absolute atomic E-state index is 13.3. The quantitative estimate of drug-likeness (QED) is 0.490. The number of aryl methyl sites for hydroxylation is 1. The molecule has 0 bridgehead atoms. The summed E-state index contributed by atoms with van der Waals surface area (Å²) in [5.41, 5.74) is 0. The Morgan fingerprint density at radius 3 is 3.05 bits per heavy atom. The first kappa shape index (κ1) is 15.0. The second-order valence-electron chi connectivity index (χ2n) is 5.34. The normalized spacial score (nSPS) is 30.6. The molecule has 21 heavy (non-hydrogen) atoms. The van der Waals surface area contributed by atoms with Crippen LogP contribution in [0.2, 0.25) is 0 Å². The molecule has 2 unspecified atom stereocenters. The minimum Gasteiger partial charge on any atom is -0.623 e. The third-order valence-electron chi connectivity index (χ3n) is 3.96. The topological polar surface area (TPSA) is 73.3 Å². The van der Waals surface area contributed by atoms with Crippen molar-refractivity contribution in [2.24, 2.45) is 0 Å². The summed E-state index contributed by atoms with van der Waals surface area (Å²) in [6.45, 7) is 7.74. The lowest BCUT2D eigenvalue weighted by atomic mass is 10.3. The first-order valence-electron chi connectivity index (χ1n) is 7.29. The van der Waals surface area contributed by atoms with Crippen LogP contribution in [0.3, 0.4) is 0 Å². The van der Waals surface area contributed by atoms with Crippen molar-refractivity contribution in [3.05, 3.63) is 22.9 Å². The van der Waals surface area contributed by atoms with Crippen molar-refractivity contribution in [3.63, 3.8) is 0 Å². The number of hydrogen-bond donors (Lipinski definition) is 1. The molecule has 0 aromatic carbocycles. The van der Waals surface area contributed by atoms with Crippen molar-refractivity contribution < 1.29 is 4.74 Å². The predicted octanol–water partition coefficient (Wildman–Crippen LogP) is 0.681. The Labute approximate surface area is 128 Å². The number of ether oxygens (including phenoxy) is 1. The summed E-state index contributed by atoms with van der Waals surface area (Å²) < 4.78 is 4.94. The van der Waals surface area contributed by atoms with Crippen LogP contribution >= 0.6 is 11.3 Å². The van der Waals surface area contributed by atoms with E-state index in [2.05, 4.69) is 27.0 Å². The second kappa shape index (κ2) is 6.47. The van der Waals surface area contributed by atoms with Gasteiger partial charge in [-0.25, -0.2) is 4.90 Å². The fourth-order valence-electron chi connectivity index (χ4n) is 2.80. The van der Waals surface area contributed by atoms with Gasteiger partial charge < -0.3 is 9.94 Å². The Balaban J connectivity index is 1.77. The van der Waals surface area contributed by atoms with E-state index < -0.39 is 4.65 Å². The number of nitrogens with one attached hydrogen (secondary N) is 1. The van der Waals surface area contributed by atoms with E-state index in [1.807, 2.05) is 6.08 Å². The van der Waals surface area contributed by atoms with Gasteiger partial charge in [-0.3, -0.25) is 9.96 Å². The lowest BCUT2D eigenvalue weighted by Gasteiger charge is -2.44. The second-order valence-corrected chi connectivity index (χ2v) is 6.38. The van der Waals surface area contributed by atoms with Gasteiger partial charge in [-0.15, -0.1) is 11.7 Å². The molecule has 8 heteroatoms. The molecule has 0 radical (unpaired) electrons. The van der Waals surface area contributed by atoms with Crippen molar-refractivity contribution in [1.82, 2.24) is 25.1 Å². The zero-order chi connectivity index (χ0) is 14.7. The highest BCUT2D eigenvalue weighted by atomic mass is 32.1. The van der Waals surface area contributed by atoms with Crippen molar-refractivity contribution in [3.8, 4) is 0 Å². The number of rotatable bonds is 5. The molecule has 2 aliphatic heterocycles. The predicted molar refractivity (Wildman–Crippen MR) is 82.6 cm³/mol. The van der Waals surface area contributed by atoms with E-state index in [9.17, 15) is 5.21 Å². The monoisotopic (exact) mass is 311 g/mol. The van der Waals surface area contributed by atoms with Crippen LogP contribution in [0, 0.1) is 5.21 Å². The van der Waals surface area contributed by atoms with Crippen LogP contribution in [-0.4, -0.2) is 60.8 Å². The van der Waals surface area contributed by atoms with E-state index in [1.54, 1.807) is 0 Å². The lowest BCUT2D eigenvalue weighted by Crippen LogP contribution is -2.59. The van der Waals surface area contributed by atoms with Crippen LogP contribution < -0.4 is 9.96 Å². The number of nitrogens with zero attached hydrogens (tertiary/aromatic N) is 4. The number of morpholine rings is 1. The van der Waals surface area contributed by atoms with Gasteiger partial charge in [-0.1, -0.05) is 11.2 Å². The highest BCUT2D eigenvalue weighted by Gasteiger charge is 2.43. The van der Waals surface area contributed by atoms with Gasteiger partial charge in [0, 0.05) is 19.5 Å². The van der Waals surface area contributed by atoms with E-state index in [0.29, 0.717) is 31.6 Å². The zero-order valence-corrected chi connectivity index (χ0v) is 12.8. The van der Waals surface area contributed by atoms with Gasteiger partial charge in [0.1, 0.15) is 11.7 Å². The van der Waals surface area contributed by atoms with E-state index in [4.69, 9.17) is 4.74 Å². The molecule has 0 aliphatic carbocycles. The van der Waals surface area contributed by atoms with Gasteiger partial charge in [0.15, 0.2) is 6.17 Å². The number of allylic oxidation sites excluding steroid dienone is 1. The van der Waals surface area contributed by atoms with Gasteiger partial charge in [0.05, 0.1) is 19.8 Å². The van der Waals surface area contributed by atoms with Gasteiger partial charge in [-0.05, 0) is 17.8 Å². The third kappa shape index (κ3) is 3.01. The SMILES string of the molecule is C=CCCc1nnc([N+]2([O-])CNCC2N2CCOCC2)s1. The summed E-state index contributed by atoms with van der Waals surface area (Å²) in [6, 6.07) is 0. The van der Waals surface area contributed by atoms with Gasteiger partial charge in [0.2, 0.25) is 0 Å². The van der Waals surface area contributed by atoms with Crippen molar-refractivity contribution in [2.45, 2.75) is 19.0 Å². The molecule has 116 valence electrons. The summed E-state index contributed by atoms with van der Waals surface area (Å²) in [5.74, 6) is 0. The summed E-state index contributed by atoms with van der Waals surface area (Å²) in [4.78, 5) is 2.21. The average molecular weight is 311 g/mol. The first-order chi connectivity index (χ1) is 10.2. The molecule has 0 spiro atoms. The van der Waals surface area contributed by atoms with Crippen molar-refractivity contribution >= 4 is 16.5 Å². The first-order valence-corrected chi connectivity index (χ1v) is 8.11. The molecule has 1 aromatic rings. The van der Waals surface area contributed by atoms with Crippen LogP contribution in [0.4, 0.5) is 5.13 Å². The van der Waals surface area contributed by atoms with Crippen LogP contribution in [0.5, 0.6) is 0 Å². The molecule has 0 amide bonds. The van der Waals surface area contributed by atoms with Gasteiger partial charge in [0.25, 0.3) is 0 Å². The molecule has 2 atom stereocenters.